The second-order valence-corrected chi connectivity index (χ2v) is 7.87. The maximum Gasteiger partial charge on any atom is 0.255 e. The number of rotatable bonds is 6. The van der Waals surface area contributed by atoms with E-state index < -0.39 is 0 Å². The molecular formula is C24H28N2O4. The molecule has 0 bridgehead atoms. The molecule has 1 fully saturated rings. The number of carbonyl (C=O) groups excluding carboxylic acids is 2. The van der Waals surface area contributed by atoms with E-state index in [0.717, 1.165) is 37.1 Å². The molecule has 0 spiro atoms. The van der Waals surface area contributed by atoms with Crippen LogP contribution in [0.1, 0.15) is 53.2 Å². The van der Waals surface area contributed by atoms with E-state index in [-0.39, 0.29) is 24.3 Å². The van der Waals surface area contributed by atoms with E-state index in [1.807, 2.05) is 52.3 Å². The normalized spacial score (nSPS) is 16.9. The van der Waals surface area contributed by atoms with Crippen LogP contribution < -0.4 is 9.47 Å². The van der Waals surface area contributed by atoms with E-state index in [4.69, 9.17) is 9.47 Å². The quantitative estimate of drug-likeness (QED) is 0.729. The zero-order valence-electron chi connectivity index (χ0n) is 17.6. The van der Waals surface area contributed by atoms with Gasteiger partial charge in [-0.25, -0.2) is 0 Å². The lowest BCUT2D eigenvalue weighted by Gasteiger charge is -2.32. The average Bonchev–Trinajstić information content (AvgIpc) is 3.13. The molecule has 4 rings (SSSR count). The number of likely N-dealkylation sites (tertiary alicyclic amines) is 1. The summed E-state index contributed by atoms with van der Waals surface area (Å²) >= 11 is 0. The molecule has 2 heterocycles. The van der Waals surface area contributed by atoms with Crippen LogP contribution >= 0.6 is 0 Å². The first-order valence-corrected chi connectivity index (χ1v) is 10.5. The molecule has 2 amide bonds. The summed E-state index contributed by atoms with van der Waals surface area (Å²) in [6.07, 6.45) is 3.51. The number of benzene rings is 2. The minimum Gasteiger partial charge on any atom is -0.493 e. The molecule has 1 saturated heterocycles. The van der Waals surface area contributed by atoms with Gasteiger partial charge in [0.2, 0.25) is 5.91 Å². The Balaban J connectivity index is 1.67. The molecule has 0 aliphatic carbocycles. The monoisotopic (exact) mass is 408 g/mol. The van der Waals surface area contributed by atoms with Crippen molar-refractivity contribution in [3.63, 3.8) is 0 Å². The van der Waals surface area contributed by atoms with Crippen LogP contribution in [0.25, 0.3) is 0 Å². The summed E-state index contributed by atoms with van der Waals surface area (Å²) in [5.74, 6) is 1.28. The Kier molecular flexibility index (Phi) is 5.93. The number of carbonyl (C=O) groups is 2. The molecule has 0 saturated carbocycles. The Morgan fingerprint density at radius 3 is 2.43 bits per heavy atom. The highest BCUT2D eigenvalue weighted by Gasteiger charge is 2.35. The lowest BCUT2D eigenvalue weighted by molar-refractivity contribution is -0.133. The second kappa shape index (κ2) is 8.78. The van der Waals surface area contributed by atoms with Crippen LogP contribution in [0.2, 0.25) is 0 Å². The van der Waals surface area contributed by atoms with Crippen molar-refractivity contribution in [3.8, 4) is 11.5 Å². The molecule has 0 aromatic heterocycles. The van der Waals surface area contributed by atoms with E-state index in [1.54, 1.807) is 14.2 Å². The predicted octanol–water partition coefficient (Wildman–Crippen LogP) is 3.80. The SMILES string of the molecule is COc1ccc(C(CC(=O)N2CCCCC2)N2Cc3ccccc3C2=O)cc1OC. The Bertz CT molecular complexity index is 937. The van der Waals surface area contributed by atoms with Crippen molar-refractivity contribution in [2.75, 3.05) is 27.3 Å². The van der Waals surface area contributed by atoms with E-state index in [0.29, 0.717) is 23.6 Å². The number of amides is 2. The Morgan fingerprint density at radius 2 is 1.73 bits per heavy atom. The van der Waals surface area contributed by atoms with Gasteiger partial charge in [0.05, 0.1) is 26.7 Å². The molecule has 2 aromatic carbocycles. The molecule has 6 nitrogen and oxygen atoms in total. The van der Waals surface area contributed by atoms with Gasteiger partial charge in [0.25, 0.3) is 5.91 Å². The predicted molar refractivity (Wildman–Crippen MR) is 114 cm³/mol. The third-order valence-electron chi connectivity index (χ3n) is 6.09. The van der Waals surface area contributed by atoms with E-state index in [1.165, 1.54) is 6.42 Å². The minimum absolute atomic E-state index is 0.0307. The molecule has 2 aliphatic rings. The molecule has 0 N–H and O–H groups in total. The molecule has 2 aliphatic heterocycles. The lowest BCUT2D eigenvalue weighted by atomic mass is 9.99. The van der Waals surface area contributed by atoms with Gasteiger partial charge in [0, 0.05) is 25.2 Å². The molecule has 0 radical (unpaired) electrons. The zero-order chi connectivity index (χ0) is 21.1. The first kappa shape index (κ1) is 20.3. The largest absolute Gasteiger partial charge is 0.493 e. The molecule has 2 aromatic rings. The van der Waals surface area contributed by atoms with Crippen LogP contribution in [0.3, 0.4) is 0 Å². The van der Waals surface area contributed by atoms with Gasteiger partial charge in [0.1, 0.15) is 0 Å². The summed E-state index contributed by atoms with van der Waals surface area (Å²) in [6, 6.07) is 12.9. The number of methoxy groups -OCH3 is 2. The Hall–Kier alpha value is -3.02. The van der Waals surface area contributed by atoms with Gasteiger partial charge in [-0.15, -0.1) is 0 Å². The first-order chi connectivity index (χ1) is 14.6. The smallest absolute Gasteiger partial charge is 0.255 e. The first-order valence-electron chi connectivity index (χ1n) is 10.5. The van der Waals surface area contributed by atoms with Crippen LogP contribution in [0.5, 0.6) is 11.5 Å². The third-order valence-corrected chi connectivity index (χ3v) is 6.09. The Labute approximate surface area is 177 Å². The summed E-state index contributed by atoms with van der Waals surface area (Å²) in [7, 11) is 3.18. The third kappa shape index (κ3) is 3.86. The van der Waals surface area contributed by atoms with Crippen LogP contribution in [0.4, 0.5) is 0 Å². The summed E-state index contributed by atoms with van der Waals surface area (Å²) in [4.78, 5) is 30.1. The van der Waals surface area contributed by atoms with Gasteiger partial charge in [0.15, 0.2) is 11.5 Å². The molecular weight excluding hydrogens is 380 g/mol. The number of hydrogen-bond acceptors (Lipinski definition) is 4. The van der Waals surface area contributed by atoms with Gasteiger partial charge in [-0.2, -0.15) is 0 Å². The highest BCUT2D eigenvalue weighted by molar-refractivity contribution is 5.98. The lowest BCUT2D eigenvalue weighted by Crippen LogP contribution is -2.39. The fourth-order valence-electron chi connectivity index (χ4n) is 4.43. The maximum atomic E-state index is 13.2. The van der Waals surface area contributed by atoms with Crippen LogP contribution in [-0.2, 0) is 11.3 Å². The van der Waals surface area contributed by atoms with Crippen LogP contribution in [0, 0.1) is 0 Å². The van der Waals surface area contributed by atoms with Crippen molar-refractivity contribution in [2.45, 2.75) is 38.3 Å². The van der Waals surface area contributed by atoms with Crippen molar-refractivity contribution < 1.29 is 19.1 Å². The van der Waals surface area contributed by atoms with Crippen molar-refractivity contribution in [1.29, 1.82) is 0 Å². The minimum atomic E-state index is -0.362. The van der Waals surface area contributed by atoms with Crippen molar-refractivity contribution in [3.05, 3.63) is 59.2 Å². The fraction of sp³-hybridized carbons (Fsp3) is 0.417. The summed E-state index contributed by atoms with van der Waals surface area (Å²) < 4.78 is 10.8. The van der Waals surface area contributed by atoms with Gasteiger partial charge >= 0.3 is 0 Å². The number of hydrogen-bond donors (Lipinski definition) is 0. The number of ether oxygens (including phenoxy) is 2. The Morgan fingerprint density at radius 1 is 1.00 bits per heavy atom. The number of fused-ring (bicyclic) bond motifs is 1. The topological polar surface area (TPSA) is 59.1 Å². The maximum absolute atomic E-state index is 13.2. The summed E-state index contributed by atoms with van der Waals surface area (Å²) in [5, 5.41) is 0. The van der Waals surface area contributed by atoms with Gasteiger partial charge in [-0.05, 0) is 48.6 Å². The average molecular weight is 408 g/mol. The molecule has 158 valence electrons. The van der Waals surface area contributed by atoms with Crippen molar-refractivity contribution in [1.82, 2.24) is 9.80 Å². The molecule has 6 heteroatoms. The molecule has 1 unspecified atom stereocenters. The van der Waals surface area contributed by atoms with Crippen LogP contribution in [-0.4, -0.2) is 48.9 Å². The van der Waals surface area contributed by atoms with E-state index >= 15 is 0 Å². The van der Waals surface area contributed by atoms with Gasteiger partial charge in [-0.3, -0.25) is 9.59 Å². The molecule has 30 heavy (non-hydrogen) atoms. The van der Waals surface area contributed by atoms with E-state index in [9.17, 15) is 9.59 Å². The van der Waals surface area contributed by atoms with Gasteiger partial charge in [-0.1, -0.05) is 24.3 Å². The highest BCUT2D eigenvalue weighted by Crippen LogP contribution is 2.37. The summed E-state index contributed by atoms with van der Waals surface area (Å²) in [6.45, 7) is 2.10. The standard InChI is InChI=1S/C24H28N2O4/c1-29-21-11-10-17(14-22(21)30-2)20(15-23(27)25-12-6-3-7-13-25)26-16-18-8-4-5-9-19(18)24(26)28/h4-5,8-11,14,20H,3,6-7,12-13,15-16H2,1-2H3. The molecule has 1 atom stereocenters. The number of nitrogens with zero attached hydrogens (tertiary/aromatic N) is 2. The fourth-order valence-corrected chi connectivity index (χ4v) is 4.43. The van der Waals surface area contributed by atoms with Crippen molar-refractivity contribution in [2.24, 2.45) is 0 Å². The highest BCUT2D eigenvalue weighted by atomic mass is 16.5. The number of piperidine rings is 1. The van der Waals surface area contributed by atoms with E-state index in [2.05, 4.69) is 0 Å². The zero-order valence-corrected chi connectivity index (χ0v) is 17.6. The van der Waals surface area contributed by atoms with Crippen LogP contribution in [0.15, 0.2) is 42.5 Å². The van der Waals surface area contributed by atoms with Gasteiger partial charge < -0.3 is 19.3 Å². The second-order valence-electron chi connectivity index (χ2n) is 7.87. The summed E-state index contributed by atoms with van der Waals surface area (Å²) in [5.41, 5.74) is 2.59. The van der Waals surface area contributed by atoms with Crippen molar-refractivity contribution >= 4 is 11.8 Å².